The van der Waals surface area contributed by atoms with Crippen molar-refractivity contribution in [3.05, 3.63) is 53.2 Å². The normalized spacial score (nSPS) is 17.9. The molecule has 0 aliphatic carbocycles. The minimum atomic E-state index is -4.59. The Morgan fingerprint density at radius 1 is 1.36 bits per heavy atom. The highest BCUT2D eigenvalue weighted by Crippen LogP contribution is 2.36. The number of aryl methyl sites for hydroxylation is 1. The maximum atomic E-state index is 14.6. The molecule has 0 bridgehead atoms. The molecular formula is C21H20F5N5O2. The second kappa shape index (κ2) is 9.51. The summed E-state index contributed by atoms with van der Waals surface area (Å²) in [6, 6.07) is 4.82. The number of hydrazone groups is 1. The van der Waals surface area contributed by atoms with Gasteiger partial charge in [-0.15, -0.1) is 0 Å². The van der Waals surface area contributed by atoms with Gasteiger partial charge >= 0.3 is 6.18 Å². The molecule has 1 amide bonds. The molecule has 1 aliphatic rings. The van der Waals surface area contributed by atoms with Gasteiger partial charge in [-0.05, 0) is 25.1 Å². The van der Waals surface area contributed by atoms with Gasteiger partial charge in [-0.3, -0.25) is 10.2 Å². The number of rotatable bonds is 7. The van der Waals surface area contributed by atoms with E-state index in [2.05, 4.69) is 15.5 Å². The highest BCUT2D eigenvalue weighted by molar-refractivity contribution is 6.14. The number of amides is 1. The molecule has 1 fully saturated rings. The quantitative estimate of drug-likeness (QED) is 0.358. The number of pyridine rings is 1. The van der Waals surface area contributed by atoms with Gasteiger partial charge in [0.25, 0.3) is 11.8 Å². The molecule has 33 heavy (non-hydrogen) atoms. The Kier molecular flexibility index (Phi) is 6.94. The summed E-state index contributed by atoms with van der Waals surface area (Å²) in [5, 5.41) is 10.7. The molecule has 0 saturated carbocycles. The topological polar surface area (TPSA) is 90.7 Å². The van der Waals surface area contributed by atoms with Crippen LogP contribution in [-0.4, -0.2) is 53.3 Å². The van der Waals surface area contributed by atoms with E-state index in [0.29, 0.717) is 11.8 Å². The Balaban J connectivity index is 1.80. The van der Waals surface area contributed by atoms with Crippen molar-refractivity contribution in [3.8, 4) is 5.88 Å². The highest BCUT2D eigenvalue weighted by atomic mass is 19.4. The van der Waals surface area contributed by atoms with E-state index in [1.54, 1.807) is 19.1 Å². The summed E-state index contributed by atoms with van der Waals surface area (Å²) in [7, 11) is 0. The largest absolute Gasteiger partial charge is 0.475 e. The molecular weight excluding hydrogens is 449 g/mol. The fourth-order valence-electron chi connectivity index (χ4n) is 3.30. The molecule has 0 spiro atoms. The number of hydrogen-bond acceptors (Lipinski definition) is 6. The van der Waals surface area contributed by atoms with Crippen molar-refractivity contribution in [2.45, 2.75) is 31.5 Å². The minimum absolute atomic E-state index is 0.104. The average Bonchev–Trinajstić information content (AvgIpc) is 3.06. The molecule has 1 unspecified atom stereocenters. The van der Waals surface area contributed by atoms with Gasteiger partial charge in [-0.2, -0.15) is 18.3 Å². The van der Waals surface area contributed by atoms with E-state index in [4.69, 9.17) is 10.1 Å². The first-order chi connectivity index (χ1) is 15.5. The number of benzene rings is 1. The monoisotopic (exact) mass is 469 g/mol. The van der Waals surface area contributed by atoms with Crippen molar-refractivity contribution in [1.29, 1.82) is 5.41 Å². The third kappa shape index (κ3) is 5.62. The predicted molar refractivity (Wildman–Crippen MR) is 111 cm³/mol. The lowest BCUT2D eigenvalue weighted by Crippen LogP contribution is -2.46. The number of aromatic nitrogens is 1. The van der Waals surface area contributed by atoms with Crippen molar-refractivity contribution in [2.75, 3.05) is 18.6 Å². The summed E-state index contributed by atoms with van der Waals surface area (Å²) in [6.07, 6.45) is -2.56. The summed E-state index contributed by atoms with van der Waals surface area (Å²) >= 11 is 0. The minimum Gasteiger partial charge on any atom is -0.475 e. The van der Waals surface area contributed by atoms with E-state index in [1.807, 2.05) is 0 Å². The number of alkyl halides is 5. The van der Waals surface area contributed by atoms with Gasteiger partial charge in [0.2, 0.25) is 5.88 Å². The summed E-state index contributed by atoms with van der Waals surface area (Å²) in [4.78, 5) is 17.7. The third-order valence-electron chi connectivity index (χ3n) is 5.00. The fourth-order valence-corrected chi connectivity index (χ4v) is 3.30. The zero-order valence-corrected chi connectivity index (χ0v) is 17.4. The van der Waals surface area contributed by atoms with Gasteiger partial charge in [0, 0.05) is 31.4 Å². The van der Waals surface area contributed by atoms with Crippen LogP contribution >= 0.6 is 0 Å². The van der Waals surface area contributed by atoms with Gasteiger partial charge in [0.1, 0.15) is 12.6 Å². The number of hydrogen-bond donors (Lipinski definition) is 2. The van der Waals surface area contributed by atoms with E-state index >= 15 is 0 Å². The number of nitrogens with zero attached hydrogens (tertiary/aromatic N) is 3. The van der Waals surface area contributed by atoms with E-state index in [1.165, 1.54) is 6.07 Å². The van der Waals surface area contributed by atoms with Crippen LogP contribution in [0.2, 0.25) is 0 Å². The molecule has 1 aromatic carbocycles. The molecule has 0 radical (unpaired) electrons. The van der Waals surface area contributed by atoms with Crippen LogP contribution in [-0.2, 0) is 6.18 Å². The number of anilines is 1. The van der Waals surface area contributed by atoms with Gasteiger partial charge in [-0.1, -0.05) is 11.6 Å². The lowest BCUT2D eigenvalue weighted by molar-refractivity contribution is -0.137. The number of likely N-dealkylation sites (tertiary alicyclic amines) is 1. The van der Waals surface area contributed by atoms with Crippen LogP contribution in [0.3, 0.4) is 0 Å². The van der Waals surface area contributed by atoms with Crippen molar-refractivity contribution < 1.29 is 31.5 Å². The molecule has 1 aliphatic heterocycles. The number of carbonyl (C=O) groups is 1. The Bertz CT molecular complexity index is 1040. The first-order valence-electron chi connectivity index (χ1n) is 9.76. The van der Waals surface area contributed by atoms with Crippen LogP contribution in [0.1, 0.15) is 27.9 Å². The third-order valence-corrected chi connectivity index (χ3v) is 5.00. The summed E-state index contributed by atoms with van der Waals surface area (Å²) in [5.74, 6) is -4.22. The molecule has 1 aromatic heterocycles. The first kappa shape index (κ1) is 24.1. The Hall–Kier alpha value is -3.57. The van der Waals surface area contributed by atoms with Crippen molar-refractivity contribution in [2.24, 2.45) is 5.10 Å². The smallest absolute Gasteiger partial charge is 0.417 e. The molecule has 12 heteroatoms. The Morgan fingerprint density at radius 3 is 2.76 bits per heavy atom. The molecule has 176 valence electrons. The molecule has 3 rings (SSSR count). The van der Waals surface area contributed by atoms with Crippen LogP contribution in [0.25, 0.3) is 0 Å². The van der Waals surface area contributed by atoms with Crippen molar-refractivity contribution >= 4 is 24.0 Å². The number of carbonyl (C=O) groups excluding carboxylic acids is 1. The molecule has 1 saturated heterocycles. The lowest BCUT2D eigenvalue weighted by atomic mass is 10.1. The van der Waals surface area contributed by atoms with Crippen LogP contribution in [0.5, 0.6) is 5.88 Å². The molecule has 2 heterocycles. The summed E-state index contributed by atoms with van der Waals surface area (Å²) in [5.41, 5.74) is 2.70. The van der Waals surface area contributed by atoms with Crippen LogP contribution in [0.4, 0.5) is 27.6 Å². The van der Waals surface area contributed by atoms with E-state index in [-0.39, 0.29) is 23.7 Å². The van der Waals surface area contributed by atoms with E-state index in [0.717, 1.165) is 29.5 Å². The fraction of sp³-hybridized carbons (Fsp3) is 0.333. The maximum absolute atomic E-state index is 14.6. The zero-order valence-electron chi connectivity index (χ0n) is 17.4. The molecule has 2 N–H and O–H groups in total. The summed E-state index contributed by atoms with van der Waals surface area (Å²) in [6.45, 7) is 0.839. The molecule has 2 aromatic rings. The van der Waals surface area contributed by atoms with E-state index < -0.39 is 42.6 Å². The van der Waals surface area contributed by atoms with Gasteiger partial charge in [-0.25, -0.2) is 13.8 Å². The number of nitrogens with one attached hydrogen (secondary N) is 2. The standard InChI is InChI=1S/C21H20F5N5O2/c1-13-2-4-16(30-29-8-7-27)15(10-13)19(32)31-9-6-20(22,23)17(31)12-33-18-5-3-14(11-28-18)21(24,25)26/h2-5,7-8,10-11,17,27,30H,6,9,12H2,1H3/b27-7?,29-8-. The van der Waals surface area contributed by atoms with Crippen molar-refractivity contribution in [3.63, 3.8) is 0 Å². The Labute approximate surface area is 185 Å². The summed E-state index contributed by atoms with van der Waals surface area (Å²) < 4.78 is 72.4. The van der Waals surface area contributed by atoms with Crippen molar-refractivity contribution in [1.82, 2.24) is 9.88 Å². The molecule has 7 nitrogen and oxygen atoms in total. The van der Waals surface area contributed by atoms with Gasteiger partial charge in [0.15, 0.2) is 0 Å². The first-order valence-corrected chi connectivity index (χ1v) is 9.76. The second-order valence-electron chi connectivity index (χ2n) is 7.32. The average molecular weight is 469 g/mol. The number of halogens is 5. The van der Waals surface area contributed by atoms with Gasteiger partial charge < -0.3 is 15.0 Å². The number of ether oxygens (including phenoxy) is 1. The second-order valence-corrected chi connectivity index (χ2v) is 7.32. The van der Waals surface area contributed by atoms with Gasteiger partial charge in [0.05, 0.1) is 23.0 Å². The predicted octanol–water partition coefficient (Wildman–Crippen LogP) is 4.38. The molecule has 1 atom stereocenters. The lowest BCUT2D eigenvalue weighted by Gasteiger charge is -2.28. The SMILES string of the molecule is Cc1ccc(N/N=C\C=N)c(C(=O)N2CCC(F)(F)C2COc2ccc(C(F)(F)F)cn2)c1. The van der Waals surface area contributed by atoms with E-state index in [9.17, 15) is 26.7 Å². The van der Waals surface area contributed by atoms with Crippen LogP contribution < -0.4 is 10.2 Å². The van der Waals surface area contributed by atoms with Crippen LogP contribution in [0, 0.1) is 12.3 Å². The van der Waals surface area contributed by atoms with Crippen LogP contribution in [0.15, 0.2) is 41.6 Å². The maximum Gasteiger partial charge on any atom is 0.417 e. The zero-order chi connectivity index (χ0) is 24.2. The highest BCUT2D eigenvalue weighted by Gasteiger charge is 2.51. The Morgan fingerprint density at radius 2 is 2.12 bits per heavy atom.